The van der Waals surface area contributed by atoms with Gasteiger partial charge in [0.25, 0.3) is 0 Å². The van der Waals surface area contributed by atoms with Gasteiger partial charge in [0, 0.05) is 13.1 Å². The number of nitrogens with one attached hydrogen (secondary N) is 5. The molecule has 0 saturated carbocycles. The normalized spacial score (nSPS) is 14.7. The molecule has 0 heterocycles. The highest BCUT2D eigenvalue weighted by Gasteiger charge is 2.29. The maximum Gasteiger partial charge on any atom is 0.326 e. The van der Waals surface area contributed by atoms with Gasteiger partial charge in [-0.25, -0.2) is 4.79 Å². The van der Waals surface area contributed by atoms with Crippen LogP contribution in [0.5, 0.6) is 0 Å². The molecule has 0 aromatic heterocycles. The second-order valence-corrected chi connectivity index (χ2v) is 9.84. The molecule has 244 valence electrons. The van der Waals surface area contributed by atoms with E-state index in [4.69, 9.17) is 28.7 Å². The first-order valence-corrected chi connectivity index (χ1v) is 13.6. The lowest BCUT2D eigenvalue weighted by Crippen LogP contribution is -2.57. The van der Waals surface area contributed by atoms with Crippen molar-refractivity contribution in [3.8, 4) is 0 Å². The van der Waals surface area contributed by atoms with Gasteiger partial charge in [0.1, 0.15) is 30.2 Å². The van der Waals surface area contributed by atoms with Gasteiger partial charge < -0.3 is 60.4 Å². The third-order valence-electron chi connectivity index (χ3n) is 5.81. The first kappa shape index (κ1) is 38.3. The number of nitrogens with zero attached hydrogens (tertiary/aromatic N) is 2. The molecule has 0 aliphatic rings. The lowest BCUT2D eigenvalue weighted by Gasteiger charge is -2.24. The minimum atomic E-state index is -1.30. The summed E-state index contributed by atoms with van der Waals surface area (Å²) < 4.78 is 0. The Balaban J connectivity index is 5.33. The Labute approximate surface area is 249 Å². The van der Waals surface area contributed by atoms with Gasteiger partial charge in [-0.2, -0.15) is 0 Å². The van der Waals surface area contributed by atoms with Crippen LogP contribution < -0.4 is 55.3 Å². The van der Waals surface area contributed by atoms with Gasteiger partial charge in [-0.3, -0.25) is 34.0 Å². The first-order chi connectivity index (χ1) is 20.0. The van der Waals surface area contributed by atoms with E-state index in [2.05, 4.69) is 36.6 Å². The lowest BCUT2D eigenvalue weighted by atomic mass is 10.1. The molecule has 0 aliphatic heterocycles. The van der Waals surface area contributed by atoms with E-state index >= 15 is 0 Å². The van der Waals surface area contributed by atoms with E-state index in [1.807, 2.05) is 0 Å². The Hall–Kier alpha value is -4.68. The zero-order chi connectivity index (χ0) is 33.3. The third kappa shape index (κ3) is 16.4. The summed E-state index contributed by atoms with van der Waals surface area (Å²) >= 11 is 0. The molecular weight excluding hydrogens is 568 g/mol. The van der Waals surface area contributed by atoms with Gasteiger partial charge in [0.15, 0.2) is 11.9 Å². The van der Waals surface area contributed by atoms with Crippen molar-refractivity contribution < 1.29 is 33.9 Å². The van der Waals surface area contributed by atoms with Gasteiger partial charge in [-0.05, 0) is 53.4 Å². The SMILES string of the molecule is CC(N)C(=O)NC(C)C(=O)NC(C)C(=O)NC(C)C(=O)NC(CCCN=C(N)N)C(=O)NC(CCCN=C(N)N)C(=O)O. The van der Waals surface area contributed by atoms with E-state index in [1.165, 1.54) is 27.7 Å². The number of amides is 5. The third-order valence-corrected chi connectivity index (χ3v) is 5.81. The Kier molecular flexibility index (Phi) is 17.3. The maximum atomic E-state index is 13.0. The number of aliphatic carboxylic acids is 1. The monoisotopic (exact) mass is 614 g/mol. The molecule has 16 N–H and O–H groups in total. The molecule has 0 saturated heterocycles. The Morgan fingerprint density at radius 1 is 0.581 bits per heavy atom. The molecule has 0 aromatic carbocycles. The van der Waals surface area contributed by atoms with Crippen molar-refractivity contribution in [2.75, 3.05) is 13.1 Å². The summed E-state index contributed by atoms with van der Waals surface area (Å²) in [7, 11) is 0. The Bertz CT molecular complexity index is 1040. The largest absolute Gasteiger partial charge is 0.480 e. The summed E-state index contributed by atoms with van der Waals surface area (Å²) in [5.41, 5.74) is 26.6. The zero-order valence-corrected chi connectivity index (χ0v) is 24.9. The van der Waals surface area contributed by atoms with Crippen LogP contribution in [-0.2, 0) is 28.8 Å². The fraction of sp³-hybridized carbons (Fsp3) is 0.667. The van der Waals surface area contributed by atoms with Crippen molar-refractivity contribution in [3.63, 3.8) is 0 Å². The summed E-state index contributed by atoms with van der Waals surface area (Å²) in [6.45, 7) is 5.87. The van der Waals surface area contributed by atoms with Gasteiger partial charge in [0.2, 0.25) is 29.5 Å². The molecule has 5 amide bonds. The van der Waals surface area contributed by atoms with E-state index in [-0.39, 0.29) is 50.7 Å². The summed E-state index contributed by atoms with van der Waals surface area (Å²) in [4.78, 5) is 81.8. The second-order valence-electron chi connectivity index (χ2n) is 9.84. The molecule has 19 heteroatoms. The van der Waals surface area contributed by atoms with E-state index in [0.29, 0.717) is 0 Å². The fourth-order valence-corrected chi connectivity index (χ4v) is 3.32. The smallest absolute Gasteiger partial charge is 0.326 e. The summed E-state index contributed by atoms with van der Waals surface area (Å²) in [5.74, 6) is -5.09. The minimum absolute atomic E-state index is 0.0101. The van der Waals surface area contributed by atoms with Crippen molar-refractivity contribution in [3.05, 3.63) is 0 Å². The van der Waals surface area contributed by atoms with Crippen LogP contribution in [0.4, 0.5) is 0 Å². The topological polar surface area (TPSA) is 338 Å². The van der Waals surface area contributed by atoms with Gasteiger partial charge in [0.05, 0.1) is 6.04 Å². The number of carboxylic acids is 1. The molecule has 6 unspecified atom stereocenters. The second kappa shape index (κ2) is 19.4. The number of carbonyl (C=O) groups is 6. The molecule has 6 atom stereocenters. The van der Waals surface area contributed by atoms with E-state index < -0.39 is 71.8 Å². The number of hydrogen-bond acceptors (Lipinski definition) is 9. The van der Waals surface area contributed by atoms with Crippen LogP contribution in [0.1, 0.15) is 53.4 Å². The van der Waals surface area contributed by atoms with Crippen molar-refractivity contribution in [2.24, 2.45) is 38.7 Å². The molecule has 19 nitrogen and oxygen atoms in total. The number of nitrogens with two attached hydrogens (primary N) is 5. The number of rotatable bonds is 19. The molecule has 0 bridgehead atoms. The molecule has 0 spiro atoms. The number of aliphatic imine (C=N–C) groups is 2. The van der Waals surface area contributed by atoms with Crippen LogP contribution in [0, 0.1) is 0 Å². The summed E-state index contributed by atoms with van der Waals surface area (Å²) in [5, 5.41) is 21.7. The maximum absolute atomic E-state index is 13.0. The average molecular weight is 615 g/mol. The average Bonchev–Trinajstić information content (AvgIpc) is 2.90. The number of carbonyl (C=O) groups excluding carboxylic acids is 5. The number of guanidine groups is 2. The molecule has 43 heavy (non-hydrogen) atoms. The highest BCUT2D eigenvalue weighted by atomic mass is 16.4. The van der Waals surface area contributed by atoms with Crippen LogP contribution in [0.15, 0.2) is 9.98 Å². The summed E-state index contributed by atoms with van der Waals surface area (Å²) in [6, 6.07) is -6.56. The van der Waals surface area contributed by atoms with Crippen LogP contribution in [0.25, 0.3) is 0 Å². The van der Waals surface area contributed by atoms with Crippen molar-refractivity contribution >= 4 is 47.4 Å². The first-order valence-electron chi connectivity index (χ1n) is 13.6. The van der Waals surface area contributed by atoms with Crippen molar-refractivity contribution in [1.82, 2.24) is 26.6 Å². The minimum Gasteiger partial charge on any atom is -0.480 e. The van der Waals surface area contributed by atoms with Crippen LogP contribution in [-0.4, -0.2) is 102 Å². The molecule has 0 aromatic rings. The molecule has 0 radical (unpaired) electrons. The van der Waals surface area contributed by atoms with E-state index in [9.17, 15) is 33.9 Å². The molecule has 0 rings (SSSR count). The lowest BCUT2D eigenvalue weighted by molar-refractivity contribution is -0.142. The standard InChI is InChI=1S/C24H46N12O7/c1-11(25)17(37)32-12(2)18(38)33-13(3)19(39)34-14(4)20(40)35-15(7-5-9-30-23(26)27)21(41)36-16(22(42)43)8-6-10-31-24(28)29/h11-16H,5-10,25H2,1-4H3,(H,32,37)(H,33,38)(H,34,39)(H,35,40)(H,36,41)(H,42,43)(H4,26,27,30)(H4,28,29,31). The Morgan fingerprint density at radius 3 is 1.30 bits per heavy atom. The quantitative estimate of drug-likeness (QED) is 0.0370. The molecular formula is C24H46N12O7. The van der Waals surface area contributed by atoms with Crippen LogP contribution in [0.3, 0.4) is 0 Å². The highest BCUT2D eigenvalue weighted by molar-refractivity contribution is 5.95. The van der Waals surface area contributed by atoms with Crippen molar-refractivity contribution in [1.29, 1.82) is 0 Å². The predicted molar refractivity (Wildman–Crippen MR) is 158 cm³/mol. The molecule has 0 fully saturated rings. The Morgan fingerprint density at radius 2 is 0.930 bits per heavy atom. The van der Waals surface area contributed by atoms with Gasteiger partial charge in [-0.15, -0.1) is 0 Å². The number of carboxylic acid groups (broad SMARTS) is 1. The van der Waals surface area contributed by atoms with Crippen LogP contribution in [0.2, 0.25) is 0 Å². The van der Waals surface area contributed by atoms with E-state index in [1.54, 1.807) is 0 Å². The fourth-order valence-electron chi connectivity index (χ4n) is 3.32. The zero-order valence-electron chi connectivity index (χ0n) is 24.9. The summed E-state index contributed by atoms with van der Waals surface area (Å²) in [6.07, 6.45) is 0.550. The van der Waals surface area contributed by atoms with Crippen LogP contribution >= 0.6 is 0 Å². The number of hydrogen-bond donors (Lipinski definition) is 11. The van der Waals surface area contributed by atoms with E-state index in [0.717, 1.165) is 0 Å². The molecule has 0 aliphatic carbocycles. The highest BCUT2D eigenvalue weighted by Crippen LogP contribution is 2.04. The van der Waals surface area contributed by atoms with Gasteiger partial charge in [-0.1, -0.05) is 0 Å². The van der Waals surface area contributed by atoms with Gasteiger partial charge >= 0.3 is 5.97 Å². The van der Waals surface area contributed by atoms with Crippen molar-refractivity contribution in [2.45, 2.75) is 89.6 Å². The predicted octanol–water partition coefficient (Wildman–Crippen LogP) is -4.99.